The molecule has 22 heavy (non-hydrogen) atoms. The summed E-state index contributed by atoms with van der Waals surface area (Å²) in [5.41, 5.74) is 1.36. The zero-order valence-corrected chi connectivity index (χ0v) is 12.6. The molecule has 6 nitrogen and oxygen atoms in total. The maximum Gasteiger partial charge on any atom is 0.276 e. The lowest BCUT2D eigenvalue weighted by atomic mass is 10.2. The van der Waals surface area contributed by atoms with Crippen LogP contribution in [0.15, 0.2) is 52.5 Å². The first-order valence-corrected chi connectivity index (χ1v) is 8.05. The van der Waals surface area contributed by atoms with E-state index in [9.17, 15) is 8.42 Å². The summed E-state index contributed by atoms with van der Waals surface area (Å²) in [6.07, 6.45) is 1.44. The molecule has 0 aliphatic carbocycles. The quantitative estimate of drug-likeness (QED) is 0.691. The van der Waals surface area contributed by atoms with Crippen LogP contribution in [0.25, 0.3) is 0 Å². The Morgan fingerprint density at radius 3 is 2.55 bits per heavy atom. The molecule has 114 valence electrons. The molecule has 0 spiro atoms. The smallest absolute Gasteiger partial charge is 0.276 e. The molecule has 0 saturated carbocycles. The van der Waals surface area contributed by atoms with E-state index in [1.54, 1.807) is 13.0 Å². The van der Waals surface area contributed by atoms with Gasteiger partial charge in [-0.1, -0.05) is 30.3 Å². The second-order valence-corrected chi connectivity index (χ2v) is 6.36. The zero-order valence-electron chi connectivity index (χ0n) is 11.8. The molecule has 7 heteroatoms. The Hall–Kier alpha value is -2.54. The minimum atomic E-state index is -3.77. The summed E-state index contributed by atoms with van der Waals surface area (Å²) in [4.78, 5) is 2.31. The first-order valence-electron chi connectivity index (χ1n) is 6.56. The van der Waals surface area contributed by atoms with Crippen molar-refractivity contribution >= 4 is 16.2 Å². The molecule has 1 aliphatic heterocycles. The zero-order chi connectivity index (χ0) is 15.6. The van der Waals surface area contributed by atoms with Crippen LogP contribution in [-0.4, -0.2) is 21.4 Å². The predicted octanol–water partition coefficient (Wildman–Crippen LogP) is 2.04. The van der Waals surface area contributed by atoms with E-state index in [2.05, 4.69) is 9.93 Å². The largest absolute Gasteiger partial charge is 0.454 e. The summed E-state index contributed by atoms with van der Waals surface area (Å²) in [6.45, 7) is 1.79. The highest BCUT2D eigenvalue weighted by Crippen LogP contribution is 2.36. The monoisotopic (exact) mass is 318 g/mol. The van der Waals surface area contributed by atoms with E-state index in [1.165, 1.54) is 12.3 Å². The third-order valence-corrected chi connectivity index (χ3v) is 4.51. The third-order valence-electron chi connectivity index (χ3n) is 3.15. The van der Waals surface area contributed by atoms with Crippen molar-refractivity contribution < 1.29 is 17.9 Å². The van der Waals surface area contributed by atoms with Crippen LogP contribution in [0, 0.1) is 6.92 Å². The number of hydrogen-bond donors (Lipinski definition) is 1. The molecule has 1 N–H and O–H groups in total. The second kappa shape index (κ2) is 5.69. The fourth-order valence-corrected chi connectivity index (χ4v) is 3.11. The lowest BCUT2D eigenvalue weighted by Crippen LogP contribution is -2.19. The fraction of sp³-hybridized carbons (Fsp3) is 0.133. The summed E-state index contributed by atoms with van der Waals surface area (Å²) in [6, 6.07) is 12.3. The maximum absolute atomic E-state index is 12.3. The molecule has 0 unspecified atom stereocenters. The molecule has 0 radical (unpaired) electrons. The number of sulfonamides is 1. The topological polar surface area (TPSA) is 77.0 Å². The summed E-state index contributed by atoms with van der Waals surface area (Å²) in [7, 11) is -3.77. The van der Waals surface area contributed by atoms with E-state index in [0.717, 1.165) is 5.56 Å². The van der Waals surface area contributed by atoms with Gasteiger partial charge >= 0.3 is 0 Å². The van der Waals surface area contributed by atoms with Crippen LogP contribution in [0.2, 0.25) is 0 Å². The van der Waals surface area contributed by atoms with Gasteiger partial charge in [-0.15, -0.1) is 0 Å². The Labute approximate surface area is 128 Å². The van der Waals surface area contributed by atoms with Crippen molar-refractivity contribution in [2.75, 3.05) is 6.79 Å². The van der Waals surface area contributed by atoms with Crippen molar-refractivity contribution in [3.63, 3.8) is 0 Å². The molecular weight excluding hydrogens is 304 g/mol. The fourth-order valence-electron chi connectivity index (χ4n) is 2.07. The molecule has 2 aromatic carbocycles. The first kappa shape index (κ1) is 14.4. The first-order chi connectivity index (χ1) is 10.6. The third kappa shape index (κ3) is 2.89. The van der Waals surface area contributed by atoms with Gasteiger partial charge in [0.25, 0.3) is 10.0 Å². The van der Waals surface area contributed by atoms with E-state index >= 15 is 0 Å². The van der Waals surface area contributed by atoms with Gasteiger partial charge in [0.05, 0.1) is 11.1 Å². The van der Waals surface area contributed by atoms with Gasteiger partial charge in [0.2, 0.25) is 6.79 Å². The highest BCUT2D eigenvalue weighted by molar-refractivity contribution is 7.89. The number of aryl methyl sites for hydroxylation is 1. The van der Waals surface area contributed by atoms with Crippen LogP contribution < -0.4 is 14.3 Å². The Bertz CT molecular complexity index is 817. The number of rotatable bonds is 4. The number of nitrogens with one attached hydrogen (secondary N) is 1. The molecule has 0 amide bonds. The molecular formula is C15H14N2O4S. The van der Waals surface area contributed by atoms with E-state index in [0.29, 0.717) is 17.1 Å². The van der Waals surface area contributed by atoms with Gasteiger partial charge in [0, 0.05) is 6.07 Å². The lowest BCUT2D eigenvalue weighted by Gasteiger charge is -2.08. The highest BCUT2D eigenvalue weighted by atomic mass is 32.2. The Kier molecular flexibility index (Phi) is 3.72. The normalized spacial score (nSPS) is 13.5. The predicted molar refractivity (Wildman–Crippen MR) is 81.7 cm³/mol. The van der Waals surface area contributed by atoms with E-state index < -0.39 is 10.0 Å². The van der Waals surface area contributed by atoms with Gasteiger partial charge in [0.1, 0.15) is 0 Å². The number of benzene rings is 2. The minimum absolute atomic E-state index is 0.0951. The number of ether oxygens (including phenoxy) is 2. The number of hydrazone groups is 1. The SMILES string of the molecule is Cc1cc2c(cc1S(=O)(=O)N/N=C/c1ccccc1)OCO2. The molecule has 3 rings (SSSR count). The lowest BCUT2D eigenvalue weighted by molar-refractivity contribution is 0.174. The van der Waals surface area contributed by atoms with Gasteiger partial charge < -0.3 is 9.47 Å². The maximum atomic E-state index is 12.3. The van der Waals surface area contributed by atoms with Gasteiger partial charge in [-0.3, -0.25) is 0 Å². The second-order valence-electron chi connectivity index (χ2n) is 4.73. The van der Waals surface area contributed by atoms with Crippen LogP contribution in [0.3, 0.4) is 0 Å². The van der Waals surface area contributed by atoms with Crippen molar-refractivity contribution in [2.24, 2.45) is 5.10 Å². The summed E-state index contributed by atoms with van der Waals surface area (Å²) < 4.78 is 35.1. The highest BCUT2D eigenvalue weighted by Gasteiger charge is 2.22. The van der Waals surface area contributed by atoms with E-state index in [1.807, 2.05) is 30.3 Å². The van der Waals surface area contributed by atoms with Crippen LogP contribution >= 0.6 is 0 Å². The molecule has 1 heterocycles. The molecule has 0 atom stereocenters. The Balaban J connectivity index is 1.83. The van der Waals surface area contributed by atoms with Crippen molar-refractivity contribution in [3.8, 4) is 11.5 Å². The van der Waals surface area contributed by atoms with Crippen molar-refractivity contribution in [2.45, 2.75) is 11.8 Å². The Morgan fingerprint density at radius 2 is 1.82 bits per heavy atom. The van der Waals surface area contributed by atoms with Crippen LogP contribution in [-0.2, 0) is 10.0 Å². The van der Waals surface area contributed by atoms with Crippen molar-refractivity contribution in [1.29, 1.82) is 0 Å². The van der Waals surface area contributed by atoms with Crippen LogP contribution in [0.1, 0.15) is 11.1 Å². The molecule has 1 aliphatic rings. The van der Waals surface area contributed by atoms with Gasteiger partial charge in [-0.05, 0) is 24.1 Å². The summed E-state index contributed by atoms with van der Waals surface area (Å²) >= 11 is 0. The van der Waals surface area contributed by atoms with Crippen LogP contribution in [0.4, 0.5) is 0 Å². The standard InChI is InChI=1S/C15H14N2O4S/c1-11-7-13-14(21-10-20-13)8-15(11)22(18,19)17-16-9-12-5-3-2-4-6-12/h2-9,17H,10H2,1H3/b16-9+. The van der Waals surface area contributed by atoms with Crippen molar-refractivity contribution in [3.05, 3.63) is 53.6 Å². The van der Waals surface area contributed by atoms with Crippen molar-refractivity contribution in [1.82, 2.24) is 4.83 Å². The number of hydrogen-bond acceptors (Lipinski definition) is 5. The average Bonchev–Trinajstić information content (AvgIpc) is 2.94. The number of nitrogens with zero attached hydrogens (tertiary/aromatic N) is 1. The van der Waals surface area contributed by atoms with E-state index in [-0.39, 0.29) is 11.7 Å². The average molecular weight is 318 g/mol. The summed E-state index contributed by atoms with van der Waals surface area (Å²) in [5.74, 6) is 0.960. The Morgan fingerprint density at radius 1 is 1.14 bits per heavy atom. The molecule has 2 aromatic rings. The van der Waals surface area contributed by atoms with Gasteiger partial charge in [0.15, 0.2) is 11.5 Å². The van der Waals surface area contributed by atoms with Gasteiger partial charge in [-0.25, -0.2) is 4.83 Å². The molecule has 0 fully saturated rings. The van der Waals surface area contributed by atoms with Crippen LogP contribution in [0.5, 0.6) is 11.5 Å². The molecule has 0 bridgehead atoms. The summed E-state index contributed by atoms with van der Waals surface area (Å²) in [5, 5.41) is 3.79. The molecule has 0 aromatic heterocycles. The van der Waals surface area contributed by atoms with E-state index in [4.69, 9.17) is 9.47 Å². The minimum Gasteiger partial charge on any atom is -0.454 e. The molecule has 0 saturated heterocycles. The number of fused-ring (bicyclic) bond motifs is 1. The van der Waals surface area contributed by atoms with Gasteiger partial charge in [-0.2, -0.15) is 13.5 Å².